The van der Waals surface area contributed by atoms with E-state index >= 15 is 0 Å². The van der Waals surface area contributed by atoms with Crippen LogP contribution in [0.2, 0.25) is 0 Å². The van der Waals surface area contributed by atoms with Crippen molar-refractivity contribution in [2.75, 3.05) is 0 Å². The fourth-order valence-corrected chi connectivity index (χ4v) is 2.25. The summed E-state index contributed by atoms with van der Waals surface area (Å²) in [5.41, 5.74) is 5.52. The molecule has 0 aliphatic heterocycles. The molecule has 122 valence electrons. The molecule has 12 heteroatoms. The molecule has 0 aliphatic carbocycles. The van der Waals surface area contributed by atoms with Gasteiger partial charge in [0.1, 0.15) is 5.82 Å². The van der Waals surface area contributed by atoms with Crippen molar-refractivity contribution in [1.82, 2.24) is 24.9 Å². The predicted octanol–water partition coefficient (Wildman–Crippen LogP) is 2.04. The van der Waals surface area contributed by atoms with Crippen LogP contribution in [-0.2, 0) is 25.0 Å². The third-order valence-corrected chi connectivity index (χ3v) is 3.29. The Hall–Kier alpha value is -1.59. The molecule has 0 fully saturated rings. The molecule has 0 amide bonds. The smallest absolute Gasteiger partial charge is 0.338 e. The first-order valence-electron chi connectivity index (χ1n) is 5.71. The van der Waals surface area contributed by atoms with Gasteiger partial charge in [0.2, 0.25) is 5.89 Å². The van der Waals surface area contributed by atoms with Crippen LogP contribution in [0.4, 0.5) is 13.2 Å². The minimum Gasteiger partial charge on any atom is -0.338 e. The first-order valence-corrected chi connectivity index (χ1v) is 6.70. The van der Waals surface area contributed by atoms with Crippen molar-refractivity contribution < 1.29 is 17.7 Å². The Kier molecular flexibility index (Phi) is 6.38. The molecule has 0 spiro atoms. The average Bonchev–Trinajstić information content (AvgIpc) is 3.03. The number of hydrogen-bond donors (Lipinski definition) is 1. The molecule has 22 heavy (non-hydrogen) atoms. The maximum absolute atomic E-state index is 12.3. The van der Waals surface area contributed by atoms with E-state index in [1.165, 1.54) is 0 Å². The molecule has 2 heterocycles. The van der Waals surface area contributed by atoms with E-state index in [0.717, 1.165) is 11.8 Å². The summed E-state index contributed by atoms with van der Waals surface area (Å²) >= 11 is 1.12. The Bertz CT molecular complexity index is 628. The van der Waals surface area contributed by atoms with Crippen LogP contribution >= 0.6 is 24.2 Å². The highest BCUT2D eigenvalue weighted by molar-refractivity contribution is 7.98. The van der Waals surface area contributed by atoms with Gasteiger partial charge >= 0.3 is 6.18 Å². The zero-order chi connectivity index (χ0) is 15.5. The molecule has 0 bridgehead atoms. The van der Waals surface area contributed by atoms with Crippen molar-refractivity contribution in [2.45, 2.75) is 30.2 Å². The number of thioether (sulfide) groups is 1. The fraction of sp³-hybridized carbons (Fsp3) is 0.400. The summed E-state index contributed by atoms with van der Waals surface area (Å²) in [6.45, 7) is 4.25. The molecule has 2 aromatic rings. The topological polar surface area (TPSA) is 95.7 Å². The molecule has 0 saturated heterocycles. The van der Waals surface area contributed by atoms with E-state index in [4.69, 9.17) is 5.73 Å². The molecule has 2 aromatic heterocycles. The highest BCUT2D eigenvalue weighted by atomic mass is 35.5. The van der Waals surface area contributed by atoms with Crippen LogP contribution in [0.3, 0.4) is 0 Å². The minimum atomic E-state index is -4.62. The lowest BCUT2D eigenvalue weighted by atomic mass is 10.5. The van der Waals surface area contributed by atoms with Crippen molar-refractivity contribution in [3.05, 3.63) is 30.2 Å². The van der Waals surface area contributed by atoms with Gasteiger partial charge in [0.15, 0.2) is 5.16 Å². The lowest BCUT2D eigenvalue weighted by molar-refractivity contribution is -0.146. The highest BCUT2D eigenvalue weighted by Gasteiger charge is 2.37. The Labute approximate surface area is 133 Å². The van der Waals surface area contributed by atoms with Crippen LogP contribution < -0.4 is 5.73 Å². The molecule has 7 nitrogen and oxygen atoms in total. The molecule has 0 aliphatic rings. The molecule has 0 radical (unpaired) electrons. The number of aromatic nitrogens is 5. The quantitative estimate of drug-likeness (QED) is 0.625. The molecular formula is C10H12ClF3N6OS. The van der Waals surface area contributed by atoms with Crippen molar-refractivity contribution in [1.29, 1.82) is 0 Å². The molecule has 0 aromatic carbocycles. The average molecular weight is 357 g/mol. The van der Waals surface area contributed by atoms with Gasteiger partial charge in [0, 0.05) is 6.54 Å². The van der Waals surface area contributed by atoms with Gasteiger partial charge in [0.05, 0.1) is 12.3 Å². The minimum absolute atomic E-state index is 0. The van der Waals surface area contributed by atoms with E-state index in [-0.39, 0.29) is 30.6 Å². The molecular weight excluding hydrogens is 345 g/mol. The van der Waals surface area contributed by atoms with E-state index in [9.17, 15) is 13.2 Å². The first kappa shape index (κ1) is 18.5. The fourth-order valence-electron chi connectivity index (χ4n) is 1.44. The van der Waals surface area contributed by atoms with E-state index in [2.05, 4.69) is 31.4 Å². The maximum atomic E-state index is 12.3. The normalized spacial score (nSPS) is 11.3. The summed E-state index contributed by atoms with van der Waals surface area (Å²) in [7, 11) is 0. The highest BCUT2D eigenvalue weighted by Crippen LogP contribution is 2.28. The number of allylic oxidation sites excluding steroid dienone is 1. The van der Waals surface area contributed by atoms with Crippen molar-refractivity contribution in [2.24, 2.45) is 5.73 Å². The number of halogens is 4. The second kappa shape index (κ2) is 7.61. The van der Waals surface area contributed by atoms with Gasteiger partial charge in [0.25, 0.3) is 5.82 Å². The van der Waals surface area contributed by atoms with Crippen LogP contribution in [0.5, 0.6) is 0 Å². The van der Waals surface area contributed by atoms with Gasteiger partial charge in [-0.3, -0.25) is 0 Å². The van der Waals surface area contributed by atoms with Gasteiger partial charge in [-0.05, 0) is 0 Å². The molecule has 2 N–H and O–H groups in total. The summed E-state index contributed by atoms with van der Waals surface area (Å²) in [5, 5.41) is 11.2. The van der Waals surface area contributed by atoms with E-state index in [1.54, 1.807) is 10.6 Å². The molecule has 2 rings (SSSR count). The summed E-state index contributed by atoms with van der Waals surface area (Å²) in [4.78, 5) is 3.27. The van der Waals surface area contributed by atoms with E-state index in [0.29, 0.717) is 17.5 Å². The number of rotatable bonds is 6. The zero-order valence-electron chi connectivity index (χ0n) is 11.1. The second-order valence-electron chi connectivity index (χ2n) is 3.80. The van der Waals surface area contributed by atoms with Gasteiger partial charge < -0.3 is 14.8 Å². The Morgan fingerprint density at radius 2 is 2.09 bits per heavy atom. The van der Waals surface area contributed by atoms with Crippen LogP contribution in [-0.4, -0.2) is 24.9 Å². The van der Waals surface area contributed by atoms with Crippen molar-refractivity contribution in [3.63, 3.8) is 0 Å². The van der Waals surface area contributed by atoms with Crippen molar-refractivity contribution >= 4 is 24.2 Å². The van der Waals surface area contributed by atoms with Gasteiger partial charge in [-0.1, -0.05) is 23.0 Å². The number of nitrogens with zero attached hydrogens (tertiary/aromatic N) is 5. The summed E-state index contributed by atoms with van der Waals surface area (Å²) < 4.78 is 43.3. The van der Waals surface area contributed by atoms with E-state index in [1.807, 2.05) is 0 Å². The lowest BCUT2D eigenvalue weighted by Crippen LogP contribution is -2.08. The van der Waals surface area contributed by atoms with Crippen molar-refractivity contribution in [3.8, 4) is 0 Å². The summed E-state index contributed by atoms with van der Waals surface area (Å²) in [6, 6.07) is 0. The largest absolute Gasteiger partial charge is 0.455 e. The van der Waals surface area contributed by atoms with Gasteiger partial charge in [-0.2, -0.15) is 18.2 Å². The van der Waals surface area contributed by atoms with Crippen LogP contribution in [0.1, 0.15) is 17.5 Å². The Morgan fingerprint density at radius 3 is 2.64 bits per heavy atom. The van der Waals surface area contributed by atoms with Crippen LogP contribution in [0.25, 0.3) is 0 Å². The van der Waals surface area contributed by atoms with Gasteiger partial charge in [-0.25, -0.2) is 0 Å². The SMILES string of the molecule is C=CCn1c(CN)nnc1SCc1nc(C(F)(F)F)no1.Cl. The third kappa shape index (κ3) is 4.21. The molecule has 0 unspecified atom stereocenters. The summed E-state index contributed by atoms with van der Waals surface area (Å²) in [5.74, 6) is -0.842. The maximum Gasteiger partial charge on any atom is 0.455 e. The monoisotopic (exact) mass is 356 g/mol. The number of alkyl halides is 3. The summed E-state index contributed by atoms with van der Waals surface area (Å²) in [6.07, 6.45) is -2.98. The second-order valence-corrected chi connectivity index (χ2v) is 4.74. The Balaban J connectivity index is 0.00000242. The Morgan fingerprint density at radius 1 is 1.36 bits per heavy atom. The van der Waals surface area contributed by atoms with Gasteiger partial charge in [-0.15, -0.1) is 29.2 Å². The zero-order valence-corrected chi connectivity index (χ0v) is 12.7. The standard InChI is InChI=1S/C10H11F3N6OS.ClH/c1-2-3-19-6(4-14)16-17-9(19)21-5-7-15-8(18-20-7)10(11,12)13;/h2H,1,3-5,14H2;1H. The molecule has 0 saturated carbocycles. The van der Waals surface area contributed by atoms with E-state index < -0.39 is 12.0 Å². The number of nitrogens with two attached hydrogens (primary N) is 1. The lowest BCUT2D eigenvalue weighted by Gasteiger charge is -2.04. The third-order valence-electron chi connectivity index (χ3n) is 2.33. The molecule has 0 atom stereocenters. The van der Waals surface area contributed by atoms with Crippen LogP contribution in [0, 0.1) is 0 Å². The first-order chi connectivity index (χ1) is 9.95. The predicted molar refractivity (Wildman–Crippen MR) is 74.2 cm³/mol. The number of hydrogen-bond acceptors (Lipinski definition) is 7. The van der Waals surface area contributed by atoms with Crippen LogP contribution in [0.15, 0.2) is 22.3 Å².